The SMILES string of the molecule is Cn1ncc2c(Sc3ccccc3Br)c(C(=O)O)cnc21. The van der Waals surface area contributed by atoms with Crippen molar-refractivity contribution in [3.8, 4) is 0 Å². The average molecular weight is 364 g/mol. The van der Waals surface area contributed by atoms with Crippen molar-refractivity contribution in [2.75, 3.05) is 0 Å². The van der Waals surface area contributed by atoms with Gasteiger partial charge in [0.25, 0.3) is 0 Å². The lowest BCUT2D eigenvalue weighted by molar-refractivity contribution is 0.0693. The van der Waals surface area contributed by atoms with Gasteiger partial charge >= 0.3 is 5.97 Å². The zero-order valence-electron chi connectivity index (χ0n) is 10.9. The van der Waals surface area contributed by atoms with Gasteiger partial charge < -0.3 is 5.11 Å². The van der Waals surface area contributed by atoms with Crippen molar-refractivity contribution in [3.63, 3.8) is 0 Å². The molecule has 0 unspecified atom stereocenters. The van der Waals surface area contributed by atoms with Crippen LogP contribution >= 0.6 is 27.7 Å². The van der Waals surface area contributed by atoms with E-state index in [1.54, 1.807) is 17.9 Å². The van der Waals surface area contributed by atoms with E-state index in [0.29, 0.717) is 10.5 Å². The maximum absolute atomic E-state index is 11.5. The third kappa shape index (κ3) is 2.54. The molecule has 0 fully saturated rings. The first-order valence-electron chi connectivity index (χ1n) is 6.04. The van der Waals surface area contributed by atoms with E-state index in [2.05, 4.69) is 26.0 Å². The number of benzene rings is 1. The lowest BCUT2D eigenvalue weighted by Crippen LogP contribution is -2.01. The summed E-state index contributed by atoms with van der Waals surface area (Å²) in [6.45, 7) is 0. The van der Waals surface area contributed by atoms with Gasteiger partial charge in [0.05, 0.1) is 17.1 Å². The van der Waals surface area contributed by atoms with Crippen LogP contribution in [0.3, 0.4) is 0 Å². The zero-order chi connectivity index (χ0) is 15.0. The predicted octanol–water partition coefficient (Wildman–Crippen LogP) is 3.58. The molecular weight excluding hydrogens is 354 g/mol. The number of hydrogen-bond acceptors (Lipinski definition) is 4. The number of fused-ring (bicyclic) bond motifs is 1. The molecule has 0 saturated heterocycles. The summed E-state index contributed by atoms with van der Waals surface area (Å²) < 4.78 is 2.55. The molecule has 2 heterocycles. The Morgan fingerprint density at radius 3 is 2.81 bits per heavy atom. The molecule has 2 aromatic heterocycles. The number of hydrogen-bond donors (Lipinski definition) is 1. The molecule has 0 saturated carbocycles. The molecule has 0 radical (unpaired) electrons. The van der Waals surface area contributed by atoms with Gasteiger partial charge in [-0.1, -0.05) is 23.9 Å². The van der Waals surface area contributed by atoms with Gasteiger partial charge in [-0.2, -0.15) is 5.10 Å². The minimum Gasteiger partial charge on any atom is -0.478 e. The molecule has 106 valence electrons. The van der Waals surface area contributed by atoms with Crippen molar-refractivity contribution in [2.24, 2.45) is 7.05 Å². The highest BCUT2D eigenvalue weighted by Crippen LogP contribution is 2.38. The Balaban J connectivity index is 2.21. The number of rotatable bonds is 3. The number of halogens is 1. The van der Waals surface area contributed by atoms with Crippen LogP contribution in [0.5, 0.6) is 0 Å². The smallest absolute Gasteiger partial charge is 0.338 e. The van der Waals surface area contributed by atoms with E-state index in [9.17, 15) is 9.90 Å². The van der Waals surface area contributed by atoms with Crippen molar-refractivity contribution >= 4 is 44.7 Å². The van der Waals surface area contributed by atoms with Crippen LogP contribution < -0.4 is 0 Å². The Morgan fingerprint density at radius 1 is 1.33 bits per heavy atom. The first kappa shape index (κ1) is 14.1. The molecule has 0 atom stereocenters. The molecule has 1 N–H and O–H groups in total. The molecule has 0 spiro atoms. The number of nitrogens with zero attached hydrogens (tertiary/aromatic N) is 3. The van der Waals surface area contributed by atoms with Crippen LogP contribution in [0.4, 0.5) is 0 Å². The number of carboxylic acids is 1. The maximum Gasteiger partial charge on any atom is 0.338 e. The number of aryl methyl sites for hydroxylation is 1. The van der Waals surface area contributed by atoms with Crippen LogP contribution in [0, 0.1) is 0 Å². The fourth-order valence-corrected chi connectivity index (χ4v) is 3.54. The summed E-state index contributed by atoms with van der Waals surface area (Å²) in [7, 11) is 1.78. The molecule has 21 heavy (non-hydrogen) atoms. The normalized spacial score (nSPS) is 11.0. The maximum atomic E-state index is 11.5. The van der Waals surface area contributed by atoms with E-state index >= 15 is 0 Å². The standard InChI is InChI=1S/C14H10BrN3O2S/c1-18-13-8(7-17-18)12(9(6-16-13)14(19)20)21-11-5-3-2-4-10(11)15/h2-7H,1H3,(H,19,20). The Labute approximate surface area is 133 Å². The van der Waals surface area contributed by atoms with Crippen LogP contribution in [0.1, 0.15) is 10.4 Å². The number of carboxylic acid groups (broad SMARTS) is 1. The van der Waals surface area contributed by atoms with Crippen molar-refractivity contribution in [1.82, 2.24) is 14.8 Å². The van der Waals surface area contributed by atoms with Gasteiger partial charge in [0.2, 0.25) is 0 Å². The van der Waals surface area contributed by atoms with Crippen molar-refractivity contribution in [2.45, 2.75) is 9.79 Å². The minimum absolute atomic E-state index is 0.177. The molecule has 1 aromatic carbocycles. The van der Waals surface area contributed by atoms with Crippen LogP contribution in [0.2, 0.25) is 0 Å². The van der Waals surface area contributed by atoms with E-state index < -0.39 is 5.97 Å². The van der Waals surface area contributed by atoms with Gasteiger partial charge in [-0.3, -0.25) is 4.68 Å². The molecule has 3 rings (SSSR count). The highest BCUT2D eigenvalue weighted by molar-refractivity contribution is 9.10. The summed E-state index contributed by atoms with van der Waals surface area (Å²) >= 11 is 4.87. The minimum atomic E-state index is -0.997. The summed E-state index contributed by atoms with van der Waals surface area (Å²) in [5.41, 5.74) is 0.839. The number of pyridine rings is 1. The molecular formula is C14H10BrN3O2S. The lowest BCUT2D eigenvalue weighted by atomic mass is 10.2. The van der Waals surface area contributed by atoms with E-state index in [1.165, 1.54) is 18.0 Å². The van der Waals surface area contributed by atoms with Crippen LogP contribution in [-0.4, -0.2) is 25.8 Å². The van der Waals surface area contributed by atoms with Crippen LogP contribution in [-0.2, 0) is 7.05 Å². The Kier molecular flexibility index (Phi) is 3.69. The molecule has 0 aliphatic rings. The van der Waals surface area contributed by atoms with Crippen molar-refractivity contribution in [1.29, 1.82) is 0 Å². The Morgan fingerprint density at radius 2 is 2.10 bits per heavy atom. The summed E-state index contributed by atoms with van der Waals surface area (Å²) in [4.78, 5) is 17.2. The molecule has 0 bridgehead atoms. The molecule has 0 aliphatic heterocycles. The molecule has 5 nitrogen and oxygen atoms in total. The van der Waals surface area contributed by atoms with E-state index in [-0.39, 0.29) is 5.56 Å². The highest BCUT2D eigenvalue weighted by Gasteiger charge is 2.18. The first-order valence-corrected chi connectivity index (χ1v) is 7.65. The second-order valence-electron chi connectivity index (χ2n) is 4.34. The number of aromatic carboxylic acids is 1. The monoisotopic (exact) mass is 363 g/mol. The third-order valence-electron chi connectivity index (χ3n) is 2.99. The molecule has 0 aliphatic carbocycles. The summed E-state index contributed by atoms with van der Waals surface area (Å²) in [6.07, 6.45) is 3.03. The van der Waals surface area contributed by atoms with Crippen molar-refractivity contribution in [3.05, 3.63) is 46.7 Å². The third-order valence-corrected chi connectivity index (χ3v) is 5.17. The van der Waals surface area contributed by atoms with Gasteiger partial charge in [-0.25, -0.2) is 9.78 Å². The summed E-state index contributed by atoms with van der Waals surface area (Å²) in [5, 5.41) is 14.3. The highest BCUT2D eigenvalue weighted by atomic mass is 79.9. The van der Waals surface area contributed by atoms with Gasteiger partial charge in [-0.15, -0.1) is 0 Å². The number of aromatic nitrogens is 3. The quantitative estimate of drug-likeness (QED) is 0.770. The average Bonchev–Trinajstić information content (AvgIpc) is 2.83. The zero-order valence-corrected chi connectivity index (χ0v) is 13.3. The van der Waals surface area contributed by atoms with E-state index in [0.717, 1.165) is 14.8 Å². The predicted molar refractivity (Wildman–Crippen MR) is 83.7 cm³/mol. The second kappa shape index (κ2) is 5.50. The van der Waals surface area contributed by atoms with E-state index in [1.807, 2.05) is 24.3 Å². The lowest BCUT2D eigenvalue weighted by Gasteiger charge is -2.08. The van der Waals surface area contributed by atoms with Crippen LogP contribution in [0.25, 0.3) is 11.0 Å². The second-order valence-corrected chi connectivity index (χ2v) is 6.25. The Bertz CT molecular complexity index is 847. The molecule has 0 amide bonds. The molecule has 3 aromatic rings. The fourth-order valence-electron chi connectivity index (χ4n) is 1.97. The summed E-state index contributed by atoms with van der Waals surface area (Å²) in [5.74, 6) is -0.997. The largest absolute Gasteiger partial charge is 0.478 e. The van der Waals surface area contributed by atoms with E-state index in [4.69, 9.17) is 0 Å². The molecule has 7 heteroatoms. The van der Waals surface area contributed by atoms with Gasteiger partial charge in [0.1, 0.15) is 0 Å². The van der Waals surface area contributed by atoms with Crippen molar-refractivity contribution < 1.29 is 9.90 Å². The van der Waals surface area contributed by atoms with Gasteiger partial charge in [-0.05, 0) is 28.1 Å². The Hall–Kier alpha value is -1.86. The van der Waals surface area contributed by atoms with Gasteiger partial charge in [0.15, 0.2) is 5.65 Å². The summed E-state index contributed by atoms with van der Waals surface area (Å²) in [6, 6.07) is 7.68. The topological polar surface area (TPSA) is 68.0 Å². The van der Waals surface area contributed by atoms with Gasteiger partial charge in [0, 0.05) is 27.5 Å². The van der Waals surface area contributed by atoms with Crippen LogP contribution in [0.15, 0.2) is 50.9 Å². The number of carbonyl (C=O) groups is 1. The first-order chi connectivity index (χ1) is 10.1. The fraction of sp³-hybridized carbons (Fsp3) is 0.0714.